The van der Waals surface area contributed by atoms with E-state index in [4.69, 9.17) is 4.74 Å². The molecule has 8 heteroatoms. The first-order valence-corrected chi connectivity index (χ1v) is 7.64. The van der Waals surface area contributed by atoms with Crippen molar-refractivity contribution < 1.29 is 19.4 Å². The number of hydrogen-bond donors (Lipinski definition) is 3. The van der Waals surface area contributed by atoms with Crippen LogP contribution in [0, 0.1) is 0 Å². The Balaban J connectivity index is 1.70. The maximum Gasteiger partial charge on any atom is 0.345 e. The van der Waals surface area contributed by atoms with E-state index in [0.29, 0.717) is 16.9 Å². The predicted octanol–water partition coefficient (Wildman–Crippen LogP) is 2.31. The second kappa shape index (κ2) is 6.17. The summed E-state index contributed by atoms with van der Waals surface area (Å²) in [5.74, 6) is -2.30. The molecular formula is C18H12N4O4. The van der Waals surface area contributed by atoms with Crippen molar-refractivity contribution in [2.24, 2.45) is 0 Å². The lowest BCUT2D eigenvalue weighted by atomic mass is 10.1. The number of Topliss-reactive ketones (excluding diaryl/α,β-unsaturated/α-hetero) is 1. The quantitative estimate of drug-likeness (QED) is 0.489. The van der Waals surface area contributed by atoms with E-state index in [1.165, 1.54) is 12.3 Å². The lowest BCUT2D eigenvalue weighted by Crippen LogP contribution is -2.12. The first kappa shape index (κ1) is 15.6. The van der Waals surface area contributed by atoms with Crippen molar-refractivity contribution >= 4 is 34.5 Å². The zero-order valence-corrected chi connectivity index (χ0v) is 13.3. The summed E-state index contributed by atoms with van der Waals surface area (Å²) in [7, 11) is 0. The second-order valence-electron chi connectivity index (χ2n) is 5.46. The van der Waals surface area contributed by atoms with Gasteiger partial charge in [-0.1, -0.05) is 0 Å². The maximum atomic E-state index is 12.5. The molecule has 1 aliphatic rings. The van der Waals surface area contributed by atoms with Crippen molar-refractivity contribution in [3.05, 3.63) is 71.8 Å². The summed E-state index contributed by atoms with van der Waals surface area (Å²) in [5.41, 5.74) is 1.37. The number of carboxylic acids is 1. The zero-order valence-electron chi connectivity index (χ0n) is 13.3. The van der Waals surface area contributed by atoms with Gasteiger partial charge in [0.25, 0.3) is 0 Å². The minimum absolute atomic E-state index is 0.0847. The first-order chi connectivity index (χ1) is 12.6. The van der Waals surface area contributed by atoms with E-state index in [0.717, 1.165) is 5.39 Å². The van der Waals surface area contributed by atoms with Crippen LogP contribution < -0.4 is 5.32 Å². The monoisotopic (exact) mass is 348 g/mol. The largest absolute Gasteiger partial charge is 0.477 e. The molecule has 0 radical (unpaired) electrons. The molecular weight excluding hydrogens is 336 g/mol. The molecule has 0 amide bonds. The summed E-state index contributed by atoms with van der Waals surface area (Å²) in [6.45, 7) is 0. The second-order valence-corrected chi connectivity index (χ2v) is 5.46. The van der Waals surface area contributed by atoms with Gasteiger partial charge in [-0.05, 0) is 30.3 Å². The van der Waals surface area contributed by atoms with Crippen molar-refractivity contribution in [1.29, 1.82) is 0 Å². The van der Waals surface area contributed by atoms with Gasteiger partial charge in [0.05, 0.1) is 11.9 Å². The third kappa shape index (κ3) is 2.69. The van der Waals surface area contributed by atoms with E-state index in [1.807, 2.05) is 6.07 Å². The Bertz CT molecular complexity index is 1080. The fraction of sp³-hybridized carbons (Fsp3) is 0. The summed E-state index contributed by atoms with van der Waals surface area (Å²) in [6, 6.07) is 6.97. The van der Waals surface area contributed by atoms with Gasteiger partial charge in [-0.25, -0.2) is 9.78 Å². The highest BCUT2D eigenvalue weighted by Gasteiger charge is 2.36. The van der Waals surface area contributed by atoms with E-state index in [-0.39, 0.29) is 11.6 Å². The molecule has 0 bridgehead atoms. The van der Waals surface area contributed by atoms with Gasteiger partial charge in [0.1, 0.15) is 5.65 Å². The fourth-order valence-corrected chi connectivity index (χ4v) is 2.62. The van der Waals surface area contributed by atoms with Gasteiger partial charge in [0.15, 0.2) is 11.3 Å². The number of nitrogens with zero attached hydrogens (tertiary/aromatic N) is 2. The summed E-state index contributed by atoms with van der Waals surface area (Å²) < 4.78 is 5.51. The third-order valence-corrected chi connectivity index (χ3v) is 3.79. The van der Waals surface area contributed by atoms with Crippen molar-refractivity contribution in [1.82, 2.24) is 15.0 Å². The van der Waals surface area contributed by atoms with Gasteiger partial charge < -0.3 is 20.1 Å². The topological polar surface area (TPSA) is 117 Å². The number of rotatable bonds is 4. The molecule has 26 heavy (non-hydrogen) atoms. The number of carbonyl (C=O) groups is 2. The van der Waals surface area contributed by atoms with Crippen LogP contribution in [0.4, 0.5) is 5.69 Å². The highest BCUT2D eigenvalue weighted by atomic mass is 16.5. The number of nitrogens with one attached hydrogen (secondary N) is 2. The fourth-order valence-electron chi connectivity index (χ4n) is 2.62. The van der Waals surface area contributed by atoms with E-state index >= 15 is 0 Å². The number of carboxylic acid groups (broad SMARTS) is 1. The Hall–Kier alpha value is -3.94. The van der Waals surface area contributed by atoms with Crippen molar-refractivity contribution in [3.8, 4) is 0 Å². The molecule has 0 fully saturated rings. The minimum atomic E-state index is -1.37. The van der Waals surface area contributed by atoms with Gasteiger partial charge in [0.2, 0.25) is 11.7 Å². The van der Waals surface area contributed by atoms with Gasteiger partial charge >= 0.3 is 5.97 Å². The van der Waals surface area contributed by atoms with Crippen molar-refractivity contribution in [2.45, 2.75) is 0 Å². The molecule has 0 atom stereocenters. The molecule has 1 aliphatic heterocycles. The van der Waals surface area contributed by atoms with Crippen molar-refractivity contribution in [2.75, 3.05) is 5.32 Å². The van der Waals surface area contributed by atoms with E-state index in [1.54, 1.807) is 36.8 Å². The van der Waals surface area contributed by atoms with Crippen LogP contribution >= 0.6 is 0 Å². The number of carbonyl (C=O) groups excluding carboxylic acids is 1. The summed E-state index contributed by atoms with van der Waals surface area (Å²) >= 11 is 0. The number of aliphatic carboxylic acids is 1. The number of ether oxygens (including phenoxy) is 1. The standard InChI is InChI=1S/C18H12N4O4/c23-15-13(7-10-8-21-16-12(10)4-2-6-20-16)26-17(14(15)18(24)25)22-11-3-1-5-19-9-11/h1-9,22H,(H,20,21)(H,24,25)/b13-7-. The molecule has 4 heterocycles. The van der Waals surface area contributed by atoms with Crippen LogP contribution in [0.15, 0.2) is 66.3 Å². The number of fused-ring (bicyclic) bond motifs is 1. The predicted molar refractivity (Wildman–Crippen MR) is 92.7 cm³/mol. The number of H-pyrrole nitrogens is 1. The number of aromatic nitrogens is 3. The van der Waals surface area contributed by atoms with Crippen LogP contribution in [0.2, 0.25) is 0 Å². The number of ketones is 1. The average Bonchev–Trinajstić information content (AvgIpc) is 3.18. The Morgan fingerprint density at radius 2 is 2.12 bits per heavy atom. The van der Waals surface area contributed by atoms with E-state index < -0.39 is 17.3 Å². The molecule has 8 nitrogen and oxygen atoms in total. The zero-order chi connectivity index (χ0) is 18.1. The lowest BCUT2D eigenvalue weighted by molar-refractivity contribution is -0.134. The smallest absolute Gasteiger partial charge is 0.345 e. The van der Waals surface area contributed by atoms with Crippen LogP contribution in [0.3, 0.4) is 0 Å². The van der Waals surface area contributed by atoms with Gasteiger partial charge in [-0.2, -0.15) is 0 Å². The molecule has 0 aliphatic carbocycles. The number of anilines is 1. The number of hydrogen-bond acceptors (Lipinski definition) is 6. The number of allylic oxidation sites excluding steroid dienone is 1. The maximum absolute atomic E-state index is 12.5. The highest BCUT2D eigenvalue weighted by molar-refractivity contribution is 6.26. The molecule has 3 aromatic rings. The van der Waals surface area contributed by atoms with E-state index in [9.17, 15) is 14.7 Å². The average molecular weight is 348 g/mol. The SMILES string of the molecule is O=C(O)C1=C(Nc2cccnc2)O/C(=C\c2c[nH]c3ncccc23)C1=O. The minimum Gasteiger partial charge on any atom is -0.477 e. The summed E-state index contributed by atoms with van der Waals surface area (Å²) in [6.07, 6.45) is 7.88. The molecule has 0 spiro atoms. The van der Waals surface area contributed by atoms with Crippen LogP contribution in [0.25, 0.3) is 17.1 Å². The van der Waals surface area contributed by atoms with Crippen LogP contribution in [0.5, 0.6) is 0 Å². The van der Waals surface area contributed by atoms with Crippen LogP contribution in [-0.2, 0) is 14.3 Å². The van der Waals surface area contributed by atoms with Gasteiger partial charge in [-0.15, -0.1) is 0 Å². The highest BCUT2D eigenvalue weighted by Crippen LogP contribution is 2.29. The molecule has 3 N–H and O–H groups in total. The molecule has 0 aromatic carbocycles. The molecule has 128 valence electrons. The Morgan fingerprint density at radius 3 is 2.88 bits per heavy atom. The Kier molecular flexibility index (Phi) is 3.70. The Morgan fingerprint density at radius 1 is 1.27 bits per heavy atom. The van der Waals surface area contributed by atoms with E-state index in [2.05, 4.69) is 20.3 Å². The molecule has 0 saturated carbocycles. The molecule has 4 rings (SSSR count). The number of pyridine rings is 2. The van der Waals surface area contributed by atoms with Crippen molar-refractivity contribution in [3.63, 3.8) is 0 Å². The number of aromatic amines is 1. The molecule has 0 saturated heterocycles. The third-order valence-electron chi connectivity index (χ3n) is 3.79. The van der Waals surface area contributed by atoms with Crippen LogP contribution in [0.1, 0.15) is 5.56 Å². The molecule has 3 aromatic heterocycles. The van der Waals surface area contributed by atoms with Crippen LogP contribution in [-0.4, -0.2) is 31.8 Å². The summed E-state index contributed by atoms with van der Waals surface area (Å²) in [4.78, 5) is 35.1. The van der Waals surface area contributed by atoms with Gasteiger partial charge in [0, 0.05) is 29.5 Å². The van der Waals surface area contributed by atoms with Gasteiger partial charge in [-0.3, -0.25) is 9.78 Å². The normalized spacial score (nSPS) is 15.5. The summed E-state index contributed by atoms with van der Waals surface area (Å²) in [5, 5.41) is 13.0. The molecule has 0 unspecified atom stereocenters. The Labute approximate surface area is 146 Å². The lowest BCUT2D eigenvalue weighted by Gasteiger charge is -2.07. The first-order valence-electron chi connectivity index (χ1n) is 7.64.